The number of rotatable bonds is 4. The number of thiophene rings is 1. The molecule has 0 radical (unpaired) electrons. The van der Waals surface area contributed by atoms with Gasteiger partial charge in [0, 0.05) is 12.6 Å². The molecule has 1 saturated heterocycles. The van der Waals surface area contributed by atoms with Gasteiger partial charge in [-0.1, -0.05) is 0 Å². The molecule has 0 spiro atoms. The Morgan fingerprint density at radius 3 is 2.83 bits per heavy atom. The van der Waals surface area contributed by atoms with Crippen molar-refractivity contribution in [1.82, 2.24) is 4.72 Å². The molecule has 0 aliphatic carbocycles. The van der Waals surface area contributed by atoms with Crippen molar-refractivity contribution in [2.45, 2.75) is 43.0 Å². The predicted molar refractivity (Wildman–Crippen MR) is 75.5 cm³/mol. The van der Waals surface area contributed by atoms with Crippen molar-refractivity contribution in [3.8, 4) is 0 Å². The molecule has 4 nitrogen and oxygen atoms in total. The minimum atomic E-state index is -3.44. The molecule has 0 bridgehead atoms. The molecule has 0 amide bonds. The quantitative estimate of drug-likeness (QED) is 0.905. The van der Waals surface area contributed by atoms with Gasteiger partial charge in [0.15, 0.2) is 0 Å². The lowest BCUT2D eigenvalue weighted by Gasteiger charge is -2.19. The van der Waals surface area contributed by atoms with E-state index in [2.05, 4.69) is 20.7 Å². The maximum atomic E-state index is 12.2. The number of hydrogen-bond donors (Lipinski definition) is 1. The summed E-state index contributed by atoms with van der Waals surface area (Å²) >= 11 is 4.57. The topological polar surface area (TPSA) is 55.4 Å². The van der Waals surface area contributed by atoms with Crippen molar-refractivity contribution in [1.29, 1.82) is 0 Å². The highest BCUT2D eigenvalue weighted by molar-refractivity contribution is 9.11. The number of nitrogens with one attached hydrogen (secondary N) is 1. The average Bonchev–Trinajstić information content (AvgIpc) is 2.89. The van der Waals surface area contributed by atoms with E-state index in [1.165, 1.54) is 11.3 Å². The maximum Gasteiger partial charge on any atom is 0.250 e. The zero-order chi connectivity index (χ0) is 13.3. The van der Waals surface area contributed by atoms with Crippen LogP contribution in [0.15, 0.2) is 14.1 Å². The summed E-state index contributed by atoms with van der Waals surface area (Å²) in [7, 11) is -3.44. The summed E-state index contributed by atoms with van der Waals surface area (Å²) in [5.41, 5.74) is 0.935. The maximum absolute atomic E-state index is 12.2. The van der Waals surface area contributed by atoms with Gasteiger partial charge < -0.3 is 4.74 Å². The lowest BCUT2D eigenvalue weighted by Crippen LogP contribution is -2.40. The fourth-order valence-corrected chi connectivity index (χ4v) is 5.45. The van der Waals surface area contributed by atoms with Gasteiger partial charge in [-0.05, 0) is 54.2 Å². The molecule has 102 valence electrons. The second kappa shape index (κ2) is 5.58. The number of ether oxygens (including phenoxy) is 1. The molecule has 1 aromatic heterocycles. The van der Waals surface area contributed by atoms with E-state index >= 15 is 0 Å². The second-order valence-electron chi connectivity index (χ2n) is 4.48. The molecule has 2 atom stereocenters. The Labute approximate surface area is 120 Å². The Bertz CT molecular complexity index is 501. The van der Waals surface area contributed by atoms with Gasteiger partial charge in [-0.25, -0.2) is 13.1 Å². The molecule has 18 heavy (non-hydrogen) atoms. The number of aryl methyl sites for hydroxylation is 1. The number of halogens is 1. The van der Waals surface area contributed by atoms with Crippen LogP contribution in [0.1, 0.15) is 25.3 Å². The van der Waals surface area contributed by atoms with E-state index in [0.29, 0.717) is 4.21 Å². The standard InChI is InChI=1S/C11H16BrNO3S2/c1-7-6-10(17-11(7)12)18(14,15)13-8(2)9-4-3-5-16-9/h6,8-9,13H,3-5H2,1-2H3. The molecule has 1 aromatic rings. The summed E-state index contributed by atoms with van der Waals surface area (Å²) in [5, 5.41) is 0. The molecule has 0 saturated carbocycles. The van der Waals surface area contributed by atoms with Crippen LogP contribution in [0.2, 0.25) is 0 Å². The van der Waals surface area contributed by atoms with E-state index in [1.54, 1.807) is 6.07 Å². The SMILES string of the molecule is Cc1cc(S(=O)(=O)NC(C)C2CCCO2)sc1Br. The molecule has 2 heterocycles. The monoisotopic (exact) mass is 353 g/mol. The highest BCUT2D eigenvalue weighted by Gasteiger charge is 2.28. The minimum Gasteiger partial charge on any atom is -0.377 e. The van der Waals surface area contributed by atoms with Gasteiger partial charge in [-0.15, -0.1) is 11.3 Å². The van der Waals surface area contributed by atoms with Crippen LogP contribution in [-0.4, -0.2) is 27.2 Å². The predicted octanol–water partition coefficient (Wildman–Crippen LogP) is 2.66. The van der Waals surface area contributed by atoms with Crippen LogP contribution in [0.3, 0.4) is 0 Å². The molecule has 2 unspecified atom stereocenters. The first-order valence-corrected chi connectivity index (χ1v) is 8.89. The van der Waals surface area contributed by atoms with Crippen molar-refractivity contribution in [2.24, 2.45) is 0 Å². The van der Waals surface area contributed by atoms with Gasteiger partial charge in [0.25, 0.3) is 0 Å². The first-order valence-electron chi connectivity index (χ1n) is 5.80. The number of hydrogen-bond acceptors (Lipinski definition) is 4. The van der Waals surface area contributed by atoms with E-state index in [0.717, 1.165) is 28.8 Å². The summed E-state index contributed by atoms with van der Waals surface area (Å²) in [6.07, 6.45) is 1.90. The van der Waals surface area contributed by atoms with Crippen LogP contribution in [0.5, 0.6) is 0 Å². The fourth-order valence-electron chi connectivity index (χ4n) is 1.94. The fraction of sp³-hybridized carbons (Fsp3) is 0.636. The summed E-state index contributed by atoms with van der Waals surface area (Å²) in [6.45, 7) is 4.45. The Hall–Kier alpha value is 0.0500. The van der Waals surface area contributed by atoms with Crippen molar-refractivity contribution < 1.29 is 13.2 Å². The lowest BCUT2D eigenvalue weighted by atomic mass is 10.1. The Morgan fingerprint density at radius 2 is 2.33 bits per heavy atom. The lowest BCUT2D eigenvalue weighted by molar-refractivity contribution is 0.0902. The average molecular weight is 354 g/mol. The van der Waals surface area contributed by atoms with E-state index in [9.17, 15) is 8.42 Å². The van der Waals surface area contributed by atoms with Gasteiger partial charge in [0.1, 0.15) is 4.21 Å². The van der Waals surface area contributed by atoms with Crippen LogP contribution in [-0.2, 0) is 14.8 Å². The Balaban J connectivity index is 2.11. The third kappa shape index (κ3) is 3.14. The smallest absolute Gasteiger partial charge is 0.250 e. The molecular formula is C11H16BrNO3S2. The van der Waals surface area contributed by atoms with E-state index in [-0.39, 0.29) is 12.1 Å². The molecule has 7 heteroatoms. The van der Waals surface area contributed by atoms with Crippen LogP contribution < -0.4 is 4.72 Å². The highest BCUT2D eigenvalue weighted by atomic mass is 79.9. The summed E-state index contributed by atoms with van der Waals surface area (Å²) in [6, 6.07) is 1.48. The van der Waals surface area contributed by atoms with Gasteiger partial charge in [0.2, 0.25) is 10.0 Å². The molecule has 1 N–H and O–H groups in total. The Kier molecular flexibility index (Phi) is 4.48. The molecule has 0 aromatic carbocycles. The van der Waals surface area contributed by atoms with Gasteiger partial charge in [-0.3, -0.25) is 0 Å². The van der Waals surface area contributed by atoms with E-state index < -0.39 is 10.0 Å². The van der Waals surface area contributed by atoms with Gasteiger partial charge in [0.05, 0.1) is 9.89 Å². The van der Waals surface area contributed by atoms with Gasteiger partial charge >= 0.3 is 0 Å². The van der Waals surface area contributed by atoms with Crippen molar-refractivity contribution in [3.63, 3.8) is 0 Å². The number of sulfonamides is 1. The van der Waals surface area contributed by atoms with Gasteiger partial charge in [-0.2, -0.15) is 0 Å². The molecule has 2 rings (SSSR count). The Morgan fingerprint density at radius 1 is 1.61 bits per heavy atom. The minimum absolute atomic E-state index is 0.00993. The first-order chi connectivity index (χ1) is 8.40. The van der Waals surface area contributed by atoms with Crippen LogP contribution >= 0.6 is 27.3 Å². The highest BCUT2D eigenvalue weighted by Crippen LogP contribution is 2.30. The molecule has 1 aliphatic heterocycles. The zero-order valence-corrected chi connectivity index (χ0v) is 13.5. The van der Waals surface area contributed by atoms with Crippen LogP contribution in [0.4, 0.5) is 0 Å². The van der Waals surface area contributed by atoms with E-state index in [1.807, 2.05) is 13.8 Å². The molecule has 1 aliphatic rings. The van der Waals surface area contributed by atoms with E-state index in [4.69, 9.17) is 4.74 Å². The summed E-state index contributed by atoms with van der Waals surface area (Å²) < 4.78 is 33.8. The first kappa shape index (κ1) is 14.5. The summed E-state index contributed by atoms with van der Waals surface area (Å²) in [5.74, 6) is 0. The van der Waals surface area contributed by atoms with Crippen molar-refractivity contribution in [2.75, 3.05) is 6.61 Å². The summed E-state index contributed by atoms with van der Waals surface area (Å²) in [4.78, 5) is 0. The third-order valence-corrected chi connectivity index (χ3v) is 7.13. The normalized spacial score (nSPS) is 22.3. The van der Waals surface area contributed by atoms with Crippen molar-refractivity contribution >= 4 is 37.3 Å². The van der Waals surface area contributed by atoms with Crippen molar-refractivity contribution in [3.05, 3.63) is 15.4 Å². The third-order valence-electron chi connectivity index (χ3n) is 2.96. The zero-order valence-electron chi connectivity index (χ0n) is 10.3. The molecule has 1 fully saturated rings. The van der Waals surface area contributed by atoms with Crippen LogP contribution in [0, 0.1) is 6.92 Å². The second-order valence-corrected chi connectivity index (χ2v) is 8.79. The van der Waals surface area contributed by atoms with Crippen LogP contribution in [0.25, 0.3) is 0 Å². The molecular weight excluding hydrogens is 338 g/mol. The largest absolute Gasteiger partial charge is 0.377 e.